The van der Waals surface area contributed by atoms with Crippen molar-refractivity contribution in [1.29, 1.82) is 0 Å². The first-order chi connectivity index (χ1) is 23.7. The molecule has 11 heteroatoms. The number of nitrogens with one attached hydrogen (secondary N) is 1. The predicted molar refractivity (Wildman–Crippen MR) is 186 cm³/mol. The van der Waals surface area contributed by atoms with Crippen LogP contribution in [0.15, 0.2) is 28.7 Å². The fourth-order valence-electron chi connectivity index (χ4n) is 8.19. The molecule has 3 fully saturated rings. The van der Waals surface area contributed by atoms with Crippen molar-refractivity contribution >= 4 is 34.4 Å². The lowest BCUT2D eigenvalue weighted by atomic mass is 9.75. The summed E-state index contributed by atoms with van der Waals surface area (Å²) < 4.78 is 35.2. The minimum Gasteiger partial charge on any atom is -0.460 e. The number of benzene rings is 1. The van der Waals surface area contributed by atoms with Crippen molar-refractivity contribution in [3.05, 3.63) is 30.0 Å². The van der Waals surface area contributed by atoms with Crippen LogP contribution in [0.1, 0.15) is 95.0 Å². The number of furan rings is 1. The average Bonchev–Trinajstić information content (AvgIpc) is 3.74. The normalized spacial score (nSPS) is 26.6. The lowest BCUT2D eigenvalue weighted by Gasteiger charge is -2.37. The number of esters is 1. The number of carbonyl (C=O) groups is 3. The van der Waals surface area contributed by atoms with Crippen LogP contribution in [0, 0.1) is 29.6 Å². The van der Waals surface area contributed by atoms with E-state index >= 15 is 0 Å². The molecule has 1 saturated heterocycles. The standard InChI is InChI=1S/C38H56FN3O7/c1-24(2)23-47-19-4-20-48-38(45)34-22-28-21-29(11-14-33(28)49-34)41-36(43)35-31(25-9-12-30(46-3)13-10-25)16-18-42(35)37(44)27-7-5-26(6-8-27)32(40)15-17-39/h11,14,21-22,24-27,30-32,35H,4-10,12-13,15-20,23,40H2,1-3H3,(H,41,43)/t25?,26-,27-,30?,31-,32+,35-/m0/s1. The zero-order valence-corrected chi connectivity index (χ0v) is 29.5. The van der Waals surface area contributed by atoms with Gasteiger partial charge in [-0.3, -0.25) is 14.0 Å². The quantitative estimate of drug-likeness (QED) is 0.160. The number of nitrogens with zero attached hydrogens (tertiary/aromatic N) is 1. The van der Waals surface area contributed by atoms with Gasteiger partial charge in [0.15, 0.2) is 0 Å². The Morgan fingerprint density at radius 2 is 1.78 bits per heavy atom. The van der Waals surface area contributed by atoms with Crippen LogP contribution in [0.25, 0.3) is 11.0 Å². The Bertz CT molecular complexity index is 1380. The number of fused-ring (bicyclic) bond motifs is 1. The molecule has 272 valence electrons. The molecule has 2 saturated carbocycles. The number of rotatable bonds is 15. The lowest BCUT2D eigenvalue weighted by molar-refractivity contribution is -0.142. The number of amides is 2. The third-order valence-electron chi connectivity index (χ3n) is 10.9. The molecule has 2 aliphatic carbocycles. The molecular weight excluding hydrogens is 629 g/mol. The largest absolute Gasteiger partial charge is 0.460 e. The van der Waals surface area contributed by atoms with Gasteiger partial charge in [0.05, 0.1) is 19.4 Å². The van der Waals surface area contributed by atoms with Gasteiger partial charge in [0.25, 0.3) is 0 Å². The maximum atomic E-state index is 14.2. The summed E-state index contributed by atoms with van der Waals surface area (Å²) >= 11 is 0. The Kier molecular flexibility index (Phi) is 13.5. The van der Waals surface area contributed by atoms with E-state index in [9.17, 15) is 18.8 Å². The van der Waals surface area contributed by atoms with Gasteiger partial charge in [-0.1, -0.05) is 13.8 Å². The zero-order valence-electron chi connectivity index (χ0n) is 29.5. The van der Waals surface area contributed by atoms with Crippen molar-refractivity contribution in [2.24, 2.45) is 35.3 Å². The van der Waals surface area contributed by atoms with E-state index in [1.165, 1.54) is 0 Å². The first-order valence-corrected chi connectivity index (χ1v) is 18.4. The van der Waals surface area contributed by atoms with Crippen LogP contribution in [-0.4, -0.2) is 81.0 Å². The molecule has 3 atom stereocenters. The van der Waals surface area contributed by atoms with Gasteiger partial charge in [0.2, 0.25) is 17.6 Å². The van der Waals surface area contributed by atoms with Gasteiger partial charge in [-0.05, 0) is 112 Å². The zero-order chi connectivity index (χ0) is 34.9. The van der Waals surface area contributed by atoms with Crippen molar-refractivity contribution in [2.75, 3.05) is 45.5 Å². The van der Waals surface area contributed by atoms with Gasteiger partial charge < -0.3 is 34.6 Å². The van der Waals surface area contributed by atoms with E-state index < -0.39 is 18.7 Å². The maximum Gasteiger partial charge on any atom is 0.374 e. The molecular formula is C38H56FN3O7. The van der Waals surface area contributed by atoms with Crippen molar-refractivity contribution < 1.29 is 37.4 Å². The van der Waals surface area contributed by atoms with Gasteiger partial charge >= 0.3 is 5.97 Å². The Morgan fingerprint density at radius 3 is 2.47 bits per heavy atom. The molecule has 1 aliphatic heterocycles. The van der Waals surface area contributed by atoms with Gasteiger partial charge in [-0.2, -0.15) is 0 Å². The van der Waals surface area contributed by atoms with Crippen molar-refractivity contribution in [3.63, 3.8) is 0 Å². The van der Waals surface area contributed by atoms with Crippen molar-refractivity contribution in [2.45, 2.75) is 103 Å². The number of likely N-dealkylation sites (tertiary alicyclic amines) is 1. The number of methoxy groups -OCH3 is 1. The van der Waals surface area contributed by atoms with E-state index in [1.807, 2.05) is 4.90 Å². The van der Waals surface area contributed by atoms with Gasteiger partial charge in [0.1, 0.15) is 11.6 Å². The van der Waals surface area contributed by atoms with E-state index in [0.717, 1.165) is 44.9 Å². The predicted octanol–water partition coefficient (Wildman–Crippen LogP) is 6.51. The number of nitrogens with two attached hydrogens (primary N) is 1. The molecule has 0 unspecified atom stereocenters. The Morgan fingerprint density at radius 1 is 1.02 bits per heavy atom. The van der Waals surface area contributed by atoms with Gasteiger partial charge in [-0.25, -0.2) is 4.79 Å². The van der Waals surface area contributed by atoms with Gasteiger partial charge in [-0.15, -0.1) is 0 Å². The van der Waals surface area contributed by atoms with Crippen LogP contribution in [0.5, 0.6) is 0 Å². The number of hydrogen-bond acceptors (Lipinski definition) is 8. The number of anilines is 1. The molecule has 2 amide bonds. The first kappa shape index (κ1) is 37.2. The van der Waals surface area contributed by atoms with E-state index in [1.54, 1.807) is 31.4 Å². The highest BCUT2D eigenvalue weighted by molar-refractivity contribution is 6.00. The van der Waals surface area contributed by atoms with E-state index in [2.05, 4.69) is 19.2 Å². The van der Waals surface area contributed by atoms with Crippen LogP contribution in [0.2, 0.25) is 0 Å². The monoisotopic (exact) mass is 685 g/mol. The second-order valence-electron chi connectivity index (χ2n) is 14.8. The molecule has 2 heterocycles. The van der Waals surface area contributed by atoms with E-state index in [-0.39, 0.29) is 54.1 Å². The Labute approximate surface area is 289 Å². The Hall–Kier alpha value is -3.02. The second kappa shape index (κ2) is 17.8. The van der Waals surface area contributed by atoms with Gasteiger partial charge in [0, 0.05) is 56.3 Å². The SMILES string of the molecule is COC1CCC([C@@H]2CCN(C(=O)[C@H]3CC[C@H]([C@H](N)CCF)CC3)[C@@H]2C(=O)Nc2ccc3oc(C(=O)OCCCOCC(C)C)cc3c2)CC1. The molecule has 49 heavy (non-hydrogen) atoms. The number of alkyl halides is 1. The third kappa shape index (κ3) is 9.61. The third-order valence-corrected chi connectivity index (χ3v) is 10.9. The molecule has 0 spiro atoms. The molecule has 3 aliphatic rings. The minimum absolute atomic E-state index is 0.0469. The summed E-state index contributed by atoms with van der Waals surface area (Å²) in [6.45, 7) is 5.72. The molecule has 5 rings (SSSR count). The van der Waals surface area contributed by atoms with Crippen LogP contribution in [0.4, 0.5) is 10.1 Å². The number of carbonyl (C=O) groups excluding carboxylic acids is 3. The summed E-state index contributed by atoms with van der Waals surface area (Å²) in [5, 5.41) is 3.78. The second-order valence-corrected chi connectivity index (χ2v) is 14.8. The molecule has 1 aromatic carbocycles. The van der Waals surface area contributed by atoms with Crippen LogP contribution >= 0.6 is 0 Å². The summed E-state index contributed by atoms with van der Waals surface area (Å²) in [4.78, 5) is 42.7. The lowest BCUT2D eigenvalue weighted by Crippen LogP contribution is -2.50. The fourth-order valence-corrected chi connectivity index (χ4v) is 8.19. The van der Waals surface area contributed by atoms with Crippen LogP contribution < -0.4 is 11.1 Å². The molecule has 1 aromatic heterocycles. The minimum atomic E-state index is -0.571. The number of ether oxygens (including phenoxy) is 3. The topological polar surface area (TPSA) is 133 Å². The summed E-state index contributed by atoms with van der Waals surface area (Å²) in [6, 6.07) is 6.15. The molecule has 0 radical (unpaired) electrons. The summed E-state index contributed by atoms with van der Waals surface area (Å²) in [5.41, 5.74) is 7.30. The Balaban J connectivity index is 1.25. The fraction of sp³-hybridized carbons (Fsp3) is 0.711. The number of hydrogen-bond donors (Lipinski definition) is 2. The van der Waals surface area contributed by atoms with E-state index in [4.69, 9.17) is 24.4 Å². The molecule has 2 aromatic rings. The average molecular weight is 686 g/mol. The molecule has 0 bridgehead atoms. The van der Waals surface area contributed by atoms with Crippen LogP contribution in [0.3, 0.4) is 0 Å². The van der Waals surface area contributed by atoms with E-state index in [0.29, 0.717) is 73.9 Å². The smallest absolute Gasteiger partial charge is 0.374 e. The highest BCUT2D eigenvalue weighted by Crippen LogP contribution is 2.42. The summed E-state index contributed by atoms with van der Waals surface area (Å²) in [5.74, 6) is 0.334. The highest BCUT2D eigenvalue weighted by atomic mass is 19.1. The molecule has 10 nitrogen and oxygen atoms in total. The van der Waals surface area contributed by atoms with Crippen LogP contribution in [-0.2, 0) is 23.8 Å². The van der Waals surface area contributed by atoms with Crippen molar-refractivity contribution in [1.82, 2.24) is 4.90 Å². The maximum absolute atomic E-state index is 14.2. The highest BCUT2D eigenvalue weighted by Gasteiger charge is 2.47. The summed E-state index contributed by atoms with van der Waals surface area (Å²) in [7, 11) is 1.75. The van der Waals surface area contributed by atoms with Crippen molar-refractivity contribution in [3.8, 4) is 0 Å². The first-order valence-electron chi connectivity index (χ1n) is 18.4. The summed E-state index contributed by atoms with van der Waals surface area (Å²) in [6.07, 6.45) is 8.88. The molecule has 3 N–H and O–H groups in total. The number of halogens is 1.